The van der Waals surface area contributed by atoms with Crippen LogP contribution in [0.3, 0.4) is 0 Å². The van der Waals surface area contributed by atoms with Crippen molar-refractivity contribution in [2.75, 3.05) is 51.6 Å². The molecule has 10 nitrogen and oxygen atoms in total. The molecule has 66 heavy (non-hydrogen) atoms. The molecule has 9 rings (SSSR count). The van der Waals surface area contributed by atoms with Gasteiger partial charge in [-0.05, 0) is 110 Å². The first-order chi connectivity index (χ1) is 31.3. The number of methoxy groups -OCH3 is 1. The number of carbonyl (C=O) groups excluding carboxylic acids is 1. The van der Waals surface area contributed by atoms with Crippen LogP contribution in [-0.4, -0.2) is 110 Å². The van der Waals surface area contributed by atoms with Gasteiger partial charge in [-0.2, -0.15) is 9.97 Å². The lowest BCUT2D eigenvalue weighted by atomic mass is 9.89. The van der Waals surface area contributed by atoms with Crippen LogP contribution in [-0.2, 0) is 9.47 Å². The number of anilines is 1. The molecular weight excluding hydrogens is 860 g/mol. The van der Waals surface area contributed by atoms with E-state index in [2.05, 4.69) is 62.8 Å². The van der Waals surface area contributed by atoms with Crippen molar-refractivity contribution in [1.29, 1.82) is 0 Å². The molecule has 0 radical (unpaired) electrons. The Morgan fingerprint density at radius 3 is 2.26 bits per heavy atom. The number of halogens is 3. The lowest BCUT2D eigenvalue weighted by molar-refractivity contribution is 0.0122. The monoisotopic (exact) mass is 925 g/mol. The minimum Gasteiger partial charge on any atom is -0.468 e. The zero-order valence-electron chi connectivity index (χ0n) is 40.3. The van der Waals surface area contributed by atoms with Gasteiger partial charge in [0.1, 0.15) is 49.4 Å². The molecule has 4 aliphatic heterocycles. The van der Waals surface area contributed by atoms with E-state index in [1.807, 2.05) is 31.7 Å². The molecule has 4 aromatic rings. The first-order valence-corrected chi connectivity index (χ1v) is 26.2. The summed E-state index contributed by atoms with van der Waals surface area (Å²) in [5.74, 6) is 3.16. The number of amides is 1. The van der Waals surface area contributed by atoms with Gasteiger partial charge in [0.2, 0.25) is 0 Å². The maximum absolute atomic E-state index is 18.0. The molecule has 354 valence electrons. The molecule has 0 N–H and O–H groups in total. The Morgan fingerprint density at radius 1 is 0.924 bits per heavy atom. The number of alkyl halides is 1. The van der Waals surface area contributed by atoms with Gasteiger partial charge in [-0.1, -0.05) is 59.6 Å². The molecule has 3 aromatic carbocycles. The lowest BCUT2D eigenvalue weighted by Crippen LogP contribution is -2.57. The van der Waals surface area contributed by atoms with Crippen LogP contribution in [0.15, 0.2) is 36.4 Å². The predicted octanol–water partition coefficient (Wildman–Crippen LogP) is 11.2. The van der Waals surface area contributed by atoms with E-state index in [4.69, 9.17) is 28.9 Å². The molecule has 1 saturated carbocycles. The van der Waals surface area contributed by atoms with E-state index in [0.717, 1.165) is 38.6 Å². The van der Waals surface area contributed by atoms with E-state index in [1.54, 1.807) is 24.3 Å². The van der Waals surface area contributed by atoms with Crippen molar-refractivity contribution >= 4 is 41.7 Å². The van der Waals surface area contributed by atoms with E-state index < -0.39 is 37.0 Å². The van der Waals surface area contributed by atoms with Gasteiger partial charge in [-0.25, -0.2) is 18.0 Å². The predicted molar refractivity (Wildman–Crippen MR) is 256 cm³/mol. The average molecular weight is 926 g/mol. The quantitative estimate of drug-likeness (QED) is 0.0829. The summed E-state index contributed by atoms with van der Waals surface area (Å²) in [6.07, 6.45) is 3.77. The molecule has 1 aliphatic carbocycles. The average Bonchev–Trinajstić information content (AvgIpc) is 3.74. The number of hydrogen-bond donors (Lipinski definition) is 0. The summed E-state index contributed by atoms with van der Waals surface area (Å²) >= 11 is 0. The zero-order chi connectivity index (χ0) is 47.1. The molecule has 4 atom stereocenters. The van der Waals surface area contributed by atoms with Gasteiger partial charge in [0.25, 0.3) is 0 Å². The second kappa shape index (κ2) is 17.2. The van der Waals surface area contributed by atoms with Gasteiger partial charge >= 0.3 is 12.1 Å². The Labute approximate surface area is 388 Å². The number of fused-ring (bicyclic) bond motifs is 5. The van der Waals surface area contributed by atoms with Crippen molar-refractivity contribution in [1.82, 2.24) is 19.8 Å². The molecule has 1 spiro atoms. The smallest absolute Gasteiger partial charge is 0.410 e. The first-order valence-electron chi connectivity index (χ1n) is 24.0. The van der Waals surface area contributed by atoms with Gasteiger partial charge < -0.3 is 23.8 Å². The minimum absolute atomic E-state index is 0.000778. The van der Waals surface area contributed by atoms with Crippen LogP contribution in [0.25, 0.3) is 32.8 Å². The number of piperazine rings is 1. The van der Waals surface area contributed by atoms with Crippen molar-refractivity contribution in [2.24, 2.45) is 5.41 Å². The summed E-state index contributed by atoms with van der Waals surface area (Å²) in [5, 5.41) is 1.58. The first kappa shape index (κ1) is 46.5. The van der Waals surface area contributed by atoms with Crippen LogP contribution in [0.2, 0.25) is 16.6 Å². The van der Waals surface area contributed by atoms with Crippen LogP contribution in [0.4, 0.5) is 23.8 Å². The highest BCUT2D eigenvalue weighted by molar-refractivity contribution is 6.90. The number of ether oxygens (including phenoxy) is 4. The summed E-state index contributed by atoms with van der Waals surface area (Å²) in [6.45, 7) is 21.2. The Kier molecular flexibility index (Phi) is 12.1. The standard InChI is InChI=1S/C52H66F3N5O5Si/c1-31(2)66(32(3)4,33(5)6)20-17-40-43(54)16-11-34-21-38(64-30-62-10)22-42(44(34)40)39-14-15-41-46(45(39)55)56-48(63-29-52-23-35(53)24-59(52)28-51(27-52)18-19-51)57-47(41)58-25-36-12-13-37(26-58)60(36)49(61)65-50(7,8)9/h11,14-16,21-22,31-33,35-37H,12-13,18-19,23-30H2,1-10H3/t35-,36?,37?,52+/m1/s1. The number of nitrogens with zero attached hydrogens (tertiary/aromatic N) is 5. The molecule has 1 aromatic heterocycles. The Morgan fingerprint density at radius 2 is 1.62 bits per heavy atom. The third kappa shape index (κ3) is 8.29. The molecule has 2 bridgehead atoms. The van der Waals surface area contributed by atoms with Crippen molar-refractivity contribution < 1.29 is 36.9 Å². The third-order valence-electron chi connectivity index (χ3n) is 15.4. The van der Waals surface area contributed by atoms with E-state index >= 15 is 13.2 Å². The SMILES string of the molecule is COCOc1cc(-c2ccc3c(N4CC5CCC(C4)N5C(=O)OC(C)(C)C)nc(OC[C@@]45C[C@@H](F)CN4CC4(CC4)C5)nc3c2F)c2c(C#C[Si](C(C)C)(C(C)C)C(C)C)c(F)ccc2c1. The molecule has 5 fully saturated rings. The summed E-state index contributed by atoms with van der Waals surface area (Å²) in [4.78, 5) is 29.6. The largest absolute Gasteiger partial charge is 0.468 e. The van der Waals surface area contributed by atoms with Crippen LogP contribution in [0, 0.1) is 28.5 Å². The van der Waals surface area contributed by atoms with Crippen LogP contribution >= 0.6 is 0 Å². The van der Waals surface area contributed by atoms with Crippen molar-refractivity contribution in [3.8, 4) is 34.4 Å². The maximum Gasteiger partial charge on any atom is 0.410 e. The number of hydrogen-bond acceptors (Lipinski definition) is 9. The van der Waals surface area contributed by atoms with E-state index in [0.29, 0.717) is 76.0 Å². The van der Waals surface area contributed by atoms with Crippen molar-refractivity contribution in [3.63, 3.8) is 0 Å². The van der Waals surface area contributed by atoms with E-state index in [9.17, 15) is 4.79 Å². The van der Waals surface area contributed by atoms with Crippen LogP contribution in [0.1, 0.15) is 106 Å². The van der Waals surface area contributed by atoms with Gasteiger partial charge in [0.15, 0.2) is 12.6 Å². The third-order valence-corrected chi connectivity index (χ3v) is 21.7. The van der Waals surface area contributed by atoms with Gasteiger partial charge in [0, 0.05) is 56.0 Å². The number of benzene rings is 3. The zero-order valence-corrected chi connectivity index (χ0v) is 41.3. The number of carbonyl (C=O) groups is 1. The lowest BCUT2D eigenvalue weighted by Gasteiger charge is -2.42. The summed E-state index contributed by atoms with van der Waals surface area (Å²) in [6, 6.07) is 9.86. The normalized spacial score (nSPS) is 23.7. The summed E-state index contributed by atoms with van der Waals surface area (Å²) < 4.78 is 73.3. The molecular formula is C52H66F3N5O5Si. The molecule has 14 heteroatoms. The second-order valence-corrected chi connectivity index (χ2v) is 27.5. The number of aromatic nitrogens is 2. The fraction of sp³-hybridized carbons (Fsp3) is 0.596. The van der Waals surface area contributed by atoms with Crippen molar-refractivity contribution in [3.05, 3.63) is 53.6 Å². The van der Waals surface area contributed by atoms with Gasteiger partial charge in [-0.3, -0.25) is 9.80 Å². The Balaban J connectivity index is 1.19. The highest BCUT2D eigenvalue weighted by atomic mass is 28.3. The fourth-order valence-corrected chi connectivity index (χ4v) is 17.6. The van der Waals surface area contributed by atoms with E-state index in [1.165, 1.54) is 13.2 Å². The molecule has 4 saturated heterocycles. The van der Waals surface area contributed by atoms with E-state index in [-0.39, 0.29) is 59.6 Å². The fourth-order valence-electron chi connectivity index (χ4n) is 12.4. The molecule has 1 amide bonds. The maximum atomic E-state index is 18.0. The Hall–Kier alpha value is -4.58. The summed E-state index contributed by atoms with van der Waals surface area (Å²) in [7, 11) is -0.789. The minimum atomic E-state index is -2.32. The summed E-state index contributed by atoms with van der Waals surface area (Å²) in [5.41, 5.74) is 4.55. The van der Waals surface area contributed by atoms with Crippen LogP contribution in [0.5, 0.6) is 11.8 Å². The highest BCUT2D eigenvalue weighted by Gasteiger charge is 2.62. The molecule has 5 aliphatic rings. The van der Waals surface area contributed by atoms with Crippen molar-refractivity contribution in [2.45, 2.75) is 147 Å². The number of rotatable bonds is 11. The highest BCUT2D eigenvalue weighted by Crippen LogP contribution is 2.61. The Bertz CT molecular complexity index is 2570. The second-order valence-electron chi connectivity index (χ2n) is 21.9. The van der Waals surface area contributed by atoms with Crippen LogP contribution < -0.4 is 14.4 Å². The molecule has 5 heterocycles. The van der Waals surface area contributed by atoms with Gasteiger partial charge in [-0.15, -0.1) is 5.54 Å². The van der Waals surface area contributed by atoms with Gasteiger partial charge in [0.05, 0.1) is 23.2 Å². The topological polar surface area (TPSA) is 89.5 Å². The molecule has 2 unspecified atom stereocenters.